The normalized spacial score (nSPS) is 24.3. The van der Waals surface area contributed by atoms with Crippen LogP contribution < -0.4 is 11.1 Å². The summed E-state index contributed by atoms with van der Waals surface area (Å²) in [5, 5.41) is 11.2. The van der Waals surface area contributed by atoms with E-state index in [0.717, 1.165) is 43.2 Å². The maximum Gasteiger partial charge on any atom is 0.230 e. The molecule has 0 aliphatic carbocycles. The molecule has 2 saturated heterocycles. The van der Waals surface area contributed by atoms with Crippen molar-refractivity contribution in [2.45, 2.75) is 41.7 Å². The number of rotatable bonds is 4. The highest BCUT2D eigenvalue weighted by Gasteiger charge is 2.39. The topological polar surface area (TPSA) is 99.4 Å². The van der Waals surface area contributed by atoms with Gasteiger partial charge in [0.15, 0.2) is 4.34 Å². The largest absolute Gasteiger partial charge is 0.381 e. The number of carbonyl (C=O) groups is 1. The number of thioether (sulfide) groups is 1. The van der Waals surface area contributed by atoms with Gasteiger partial charge in [0.25, 0.3) is 0 Å². The fraction of sp³-hybridized carbons (Fsp3) is 0.769. The molecule has 1 aromatic rings. The number of hydrogen-bond donors (Lipinski definition) is 2. The lowest BCUT2D eigenvalue weighted by Gasteiger charge is -2.43. The smallest absolute Gasteiger partial charge is 0.230 e. The van der Waals surface area contributed by atoms with Gasteiger partial charge in [0.2, 0.25) is 11.0 Å². The standard InChI is InChI=1S/C13H20N4O3S2/c14-11-16-17-12(22-11)21-8-10(18)15-9-1-4-20-13(7-9)2-5-19-6-3-13/h9H,1-8H2,(H2,14,16)(H,15,18)/t9-/m1/s1. The Morgan fingerprint density at radius 3 is 2.95 bits per heavy atom. The van der Waals surface area contributed by atoms with Crippen LogP contribution in [0.5, 0.6) is 0 Å². The number of nitrogens with zero attached hydrogens (tertiary/aromatic N) is 2. The molecule has 2 aliphatic heterocycles. The van der Waals surface area contributed by atoms with E-state index in [1.54, 1.807) is 0 Å². The Balaban J connectivity index is 1.46. The van der Waals surface area contributed by atoms with Crippen molar-refractivity contribution < 1.29 is 14.3 Å². The molecule has 0 radical (unpaired) electrons. The van der Waals surface area contributed by atoms with E-state index >= 15 is 0 Å². The van der Waals surface area contributed by atoms with Crippen LogP contribution in [-0.2, 0) is 14.3 Å². The Kier molecular flexibility index (Phi) is 5.17. The Morgan fingerprint density at radius 2 is 2.23 bits per heavy atom. The summed E-state index contributed by atoms with van der Waals surface area (Å²) in [5.41, 5.74) is 5.42. The molecular weight excluding hydrogens is 324 g/mol. The summed E-state index contributed by atoms with van der Waals surface area (Å²) in [7, 11) is 0. The fourth-order valence-electron chi connectivity index (χ4n) is 2.92. The van der Waals surface area contributed by atoms with E-state index in [1.807, 2.05) is 0 Å². The average Bonchev–Trinajstić information content (AvgIpc) is 2.92. The van der Waals surface area contributed by atoms with E-state index in [9.17, 15) is 4.79 Å². The molecule has 1 spiro atoms. The fourth-order valence-corrected chi connectivity index (χ4v) is 4.37. The van der Waals surface area contributed by atoms with E-state index < -0.39 is 0 Å². The van der Waals surface area contributed by atoms with Gasteiger partial charge in [-0.1, -0.05) is 23.1 Å². The van der Waals surface area contributed by atoms with Crippen molar-refractivity contribution in [3.63, 3.8) is 0 Å². The monoisotopic (exact) mass is 344 g/mol. The van der Waals surface area contributed by atoms with Gasteiger partial charge in [-0.25, -0.2) is 0 Å². The molecule has 1 aromatic heterocycles. The minimum Gasteiger partial charge on any atom is -0.381 e. The molecule has 22 heavy (non-hydrogen) atoms. The molecule has 0 bridgehead atoms. The highest BCUT2D eigenvalue weighted by atomic mass is 32.2. The number of amides is 1. The molecular formula is C13H20N4O3S2. The third kappa shape index (κ3) is 4.09. The van der Waals surface area contributed by atoms with Crippen molar-refractivity contribution in [3.05, 3.63) is 0 Å². The Hall–Kier alpha value is -0.900. The van der Waals surface area contributed by atoms with Crippen molar-refractivity contribution in [1.29, 1.82) is 0 Å². The Labute approximate surface area is 137 Å². The van der Waals surface area contributed by atoms with E-state index in [2.05, 4.69) is 15.5 Å². The Morgan fingerprint density at radius 1 is 1.41 bits per heavy atom. The van der Waals surface area contributed by atoms with Crippen molar-refractivity contribution in [2.75, 3.05) is 31.3 Å². The predicted octanol–water partition coefficient (Wildman–Crippen LogP) is 1.06. The highest BCUT2D eigenvalue weighted by molar-refractivity contribution is 8.01. The van der Waals surface area contributed by atoms with Gasteiger partial charge in [0, 0.05) is 25.9 Å². The van der Waals surface area contributed by atoms with Crippen LogP contribution in [0.4, 0.5) is 5.13 Å². The van der Waals surface area contributed by atoms with Gasteiger partial charge in [0.05, 0.1) is 11.4 Å². The van der Waals surface area contributed by atoms with Crippen molar-refractivity contribution in [3.8, 4) is 0 Å². The number of nitrogen functional groups attached to an aromatic ring is 1. The minimum atomic E-state index is -0.102. The van der Waals surface area contributed by atoms with Crippen LogP contribution in [0, 0.1) is 0 Å². The van der Waals surface area contributed by atoms with Crippen LogP contribution in [-0.4, -0.2) is 53.3 Å². The van der Waals surface area contributed by atoms with Gasteiger partial charge < -0.3 is 20.5 Å². The molecule has 0 aromatic carbocycles. The van der Waals surface area contributed by atoms with Gasteiger partial charge in [-0.05, 0) is 25.7 Å². The first-order valence-corrected chi connectivity index (χ1v) is 9.18. The zero-order valence-corrected chi connectivity index (χ0v) is 13.9. The van der Waals surface area contributed by atoms with E-state index in [-0.39, 0.29) is 17.6 Å². The van der Waals surface area contributed by atoms with Crippen LogP contribution in [0.3, 0.4) is 0 Å². The van der Waals surface area contributed by atoms with Crippen LogP contribution >= 0.6 is 23.1 Å². The number of anilines is 1. The number of ether oxygens (including phenoxy) is 2. The zero-order chi connectivity index (χ0) is 15.4. The minimum absolute atomic E-state index is 0.0212. The summed E-state index contributed by atoms with van der Waals surface area (Å²) < 4.78 is 12.1. The first kappa shape index (κ1) is 16.0. The lowest BCUT2D eigenvalue weighted by atomic mass is 9.84. The molecule has 1 atom stereocenters. The van der Waals surface area contributed by atoms with E-state index in [1.165, 1.54) is 23.1 Å². The summed E-state index contributed by atoms with van der Waals surface area (Å²) >= 11 is 2.66. The SMILES string of the molecule is Nc1nnc(SCC(=O)N[C@@H]2CCOC3(CCOCC3)C2)s1. The predicted molar refractivity (Wildman–Crippen MR) is 84.9 cm³/mol. The van der Waals surface area contributed by atoms with Crippen LogP contribution in [0.2, 0.25) is 0 Å². The second kappa shape index (κ2) is 7.12. The molecule has 3 heterocycles. The van der Waals surface area contributed by atoms with Crippen LogP contribution in [0.15, 0.2) is 4.34 Å². The molecule has 0 unspecified atom stereocenters. The highest BCUT2D eigenvalue weighted by Crippen LogP contribution is 2.34. The number of aromatic nitrogens is 2. The summed E-state index contributed by atoms with van der Waals surface area (Å²) in [5.74, 6) is 0.357. The molecule has 2 fully saturated rings. The zero-order valence-electron chi connectivity index (χ0n) is 12.2. The summed E-state index contributed by atoms with van der Waals surface area (Å²) in [6.45, 7) is 2.19. The second-order valence-electron chi connectivity index (χ2n) is 5.60. The maximum absolute atomic E-state index is 12.1. The van der Waals surface area contributed by atoms with Crippen molar-refractivity contribution in [1.82, 2.24) is 15.5 Å². The van der Waals surface area contributed by atoms with Gasteiger partial charge >= 0.3 is 0 Å². The summed E-state index contributed by atoms with van der Waals surface area (Å²) in [6.07, 6.45) is 3.57. The summed E-state index contributed by atoms with van der Waals surface area (Å²) in [4.78, 5) is 12.1. The van der Waals surface area contributed by atoms with Gasteiger partial charge in [-0.3, -0.25) is 4.79 Å². The molecule has 122 valence electrons. The number of hydrogen-bond acceptors (Lipinski definition) is 8. The van der Waals surface area contributed by atoms with Gasteiger partial charge in [0.1, 0.15) is 0 Å². The van der Waals surface area contributed by atoms with Gasteiger partial charge in [-0.2, -0.15) is 0 Å². The summed E-state index contributed by atoms with van der Waals surface area (Å²) in [6, 6.07) is 0.180. The third-order valence-electron chi connectivity index (χ3n) is 4.01. The Bertz CT molecular complexity index is 514. The lowest BCUT2D eigenvalue weighted by molar-refractivity contribution is -0.143. The van der Waals surface area contributed by atoms with E-state index in [0.29, 0.717) is 17.5 Å². The molecule has 0 saturated carbocycles. The third-order valence-corrected chi connectivity index (χ3v) is 5.90. The number of carbonyl (C=O) groups excluding carboxylic acids is 1. The van der Waals surface area contributed by atoms with Crippen molar-refractivity contribution >= 4 is 34.1 Å². The number of nitrogens with one attached hydrogen (secondary N) is 1. The quantitative estimate of drug-likeness (QED) is 0.788. The van der Waals surface area contributed by atoms with Crippen LogP contribution in [0.1, 0.15) is 25.7 Å². The van der Waals surface area contributed by atoms with Gasteiger partial charge in [-0.15, -0.1) is 10.2 Å². The van der Waals surface area contributed by atoms with Crippen LogP contribution in [0.25, 0.3) is 0 Å². The average molecular weight is 344 g/mol. The van der Waals surface area contributed by atoms with Crippen molar-refractivity contribution in [2.24, 2.45) is 0 Å². The number of nitrogens with two attached hydrogens (primary N) is 1. The molecule has 1 amide bonds. The molecule has 7 nitrogen and oxygen atoms in total. The maximum atomic E-state index is 12.1. The first-order chi connectivity index (χ1) is 10.7. The van der Waals surface area contributed by atoms with E-state index in [4.69, 9.17) is 15.2 Å². The molecule has 3 rings (SSSR count). The molecule has 9 heteroatoms. The molecule has 2 aliphatic rings. The lowest BCUT2D eigenvalue weighted by Crippen LogP contribution is -2.51. The molecule has 3 N–H and O–H groups in total. The second-order valence-corrected chi connectivity index (χ2v) is 7.83. The first-order valence-electron chi connectivity index (χ1n) is 7.38.